The molecule has 0 heterocycles. The van der Waals surface area contributed by atoms with E-state index in [-0.39, 0.29) is 54.2 Å². The summed E-state index contributed by atoms with van der Waals surface area (Å²) in [5.74, 6) is -4.88. The van der Waals surface area contributed by atoms with Crippen molar-refractivity contribution in [2.75, 3.05) is 13.2 Å². The lowest BCUT2D eigenvalue weighted by Crippen LogP contribution is -2.28. The number of benzene rings is 2. The minimum atomic E-state index is -1.64. The molecule has 48 heavy (non-hydrogen) atoms. The predicted molar refractivity (Wildman–Crippen MR) is 186 cm³/mol. The Labute approximate surface area is 309 Å². The van der Waals surface area contributed by atoms with E-state index in [1.165, 1.54) is 0 Å². The van der Waals surface area contributed by atoms with Gasteiger partial charge in [0.1, 0.15) is 11.1 Å². The van der Waals surface area contributed by atoms with Crippen molar-refractivity contribution >= 4 is 93.5 Å². The Morgan fingerprint density at radius 3 is 1.12 bits per heavy atom. The van der Waals surface area contributed by atoms with Crippen LogP contribution in [-0.4, -0.2) is 37.1 Å². The highest BCUT2D eigenvalue weighted by Crippen LogP contribution is 2.63. The van der Waals surface area contributed by atoms with Crippen molar-refractivity contribution in [2.24, 2.45) is 34.5 Å². The van der Waals surface area contributed by atoms with Crippen molar-refractivity contribution in [3.8, 4) is 11.5 Å². The van der Waals surface area contributed by atoms with Crippen LogP contribution in [0.25, 0.3) is 0 Å². The monoisotopic (exact) mass is 782 g/mol. The predicted octanol–water partition coefficient (Wildman–Crippen LogP) is 10.6. The van der Waals surface area contributed by atoms with Crippen LogP contribution < -0.4 is 9.47 Å². The van der Waals surface area contributed by atoms with E-state index in [0.29, 0.717) is 23.7 Å². The first-order valence-electron chi connectivity index (χ1n) is 15.6. The average molecular weight is 785 g/mol. The van der Waals surface area contributed by atoms with Crippen LogP contribution in [0.3, 0.4) is 0 Å². The van der Waals surface area contributed by atoms with Gasteiger partial charge in [-0.1, -0.05) is 137 Å². The summed E-state index contributed by atoms with van der Waals surface area (Å²) in [5, 5.41) is -1.47. The molecule has 2 saturated carbocycles. The summed E-state index contributed by atoms with van der Waals surface area (Å²) in [4.78, 5) is 52.8. The first-order chi connectivity index (χ1) is 22.5. The van der Waals surface area contributed by atoms with Gasteiger partial charge in [-0.25, -0.2) is 19.2 Å². The molecule has 2 aromatic carbocycles. The quantitative estimate of drug-likeness (QED) is 0.0907. The van der Waals surface area contributed by atoms with Crippen LogP contribution in [0, 0.1) is 34.5 Å². The first kappa shape index (κ1) is 38.9. The maximum Gasteiger partial charge on any atom is 0.423 e. The third kappa shape index (κ3) is 7.26. The molecule has 0 N–H and O–H groups in total. The molecular formula is C34H36Cl6O8. The van der Waals surface area contributed by atoms with E-state index in [2.05, 4.69) is 27.7 Å². The first-order valence-corrected chi connectivity index (χ1v) is 17.9. The van der Waals surface area contributed by atoms with E-state index in [4.69, 9.17) is 88.6 Å². The topological polar surface area (TPSA) is 105 Å². The Kier molecular flexibility index (Phi) is 12.2. The third-order valence-electron chi connectivity index (χ3n) is 10.1. The molecule has 0 radical (unpaired) electrons. The molecule has 0 saturated heterocycles. The van der Waals surface area contributed by atoms with Crippen molar-refractivity contribution in [2.45, 2.75) is 67.2 Å². The zero-order chi connectivity index (χ0) is 35.9. The highest BCUT2D eigenvalue weighted by molar-refractivity contribution is 6.47. The van der Waals surface area contributed by atoms with Crippen LogP contribution in [0.2, 0.25) is 30.1 Å². The van der Waals surface area contributed by atoms with Gasteiger partial charge in [-0.3, -0.25) is 0 Å². The van der Waals surface area contributed by atoms with Gasteiger partial charge >= 0.3 is 23.9 Å². The zero-order valence-electron chi connectivity index (χ0n) is 27.2. The lowest BCUT2D eigenvalue weighted by molar-refractivity contribution is -0.156. The van der Waals surface area contributed by atoms with Crippen LogP contribution in [0.15, 0.2) is 12.1 Å². The Hall–Kier alpha value is -1.94. The van der Waals surface area contributed by atoms with E-state index in [1.54, 1.807) is 0 Å². The van der Waals surface area contributed by atoms with E-state index in [9.17, 15) is 19.2 Å². The van der Waals surface area contributed by atoms with Gasteiger partial charge in [-0.05, 0) is 35.8 Å². The molecule has 2 aromatic rings. The number of esters is 4. The molecule has 0 amide bonds. The second-order valence-electron chi connectivity index (χ2n) is 12.7. The Morgan fingerprint density at radius 2 is 0.854 bits per heavy atom. The van der Waals surface area contributed by atoms with Gasteiger partial charge in [0, 0.05) is 10.8 Å². The van der Waals surface area contributed by atoms with Crippen molar-refractivity contribution in [3.63, 3.8) is 0 Å². The molecule has 8 nitrogen and oxygen atoms in total. The number of hydrogen-bond acceptors (Lipinski definition) is 8. The molecule has 0 aromatic heterocycles. The van der Waals surface area contributed by atoms with Gasteiger partial charge in [-0.2, -0.15) is 0 Å². The summed E-state index contributed by atoms with van der Waals surface area (Å²) < 4.78 is 21.7. The van der Waals surface area contributed by atoms with Gasteiger partial charge in [0.25, 0.3) is 0 Å². The molecule has 262 valence electrons. The molecule has 4 atom stereocenters. The number of ether oxygens (including phenoxy) is 4. The van der Waals surface area contributed by atoms with Crippen LogP contribution in [0.5, 0.6) is 11.5 Å². The molecule has 0 bridgehead atoms. The second kappa shape index (κ2) is 15.1. The van der Waals surface area contributed by atoms with Gasteiger partial charge in [0.05, 0.1) is 43.3 Å². The molecule has 14 heteroatoms. The minimum absolute atomic E-state index is 0.0742. The minimum Gasteiger partial charge on any atom is -0.461 e. The summed E-state index contributed by atoms with van der Waals surface area (Å²) in [7, 11) is 0. The lowest BCUT2D eigenvalue weighted by atomic mass is 10.1. The van der Waals surface area contributed by atoms with Crippen LogP contribution >= 0.6 is 69.6 Å². The van der Waals surface area contributed by atoms with Crippen LogP contribution in [0.4, 0.5) is 0 Å². The number of carbonyl (C=O) groups is 4. The van der Waals surface area contributed by atoms with Gasteiger partial charge in [0.15, 0.2) is 11.5 Å². The van der Waals surface area contributed by atoms with Gasteiger partial charge < -0.3 is 18.9 Å². The highest BCUT2D eigenvalue weighted by Gasteiger charge is 2.60. The van der Waals surface area contributed by atoms with E-state index in [0.717, 1.165) is 37.8 Å². The maximum atomic E-state index is 13.3. The Morgan fingerprint density at radius 1 is 0.562 bits per heavy atom. The molecule has 2 aliphatic carbocycles. The highest BCUT2D eigenvalue weighted by atomic mass is 35.5. The molecule has 4 unspecified atom stereocenters. The average Bonchev–Trinajstić information content (AvgIpc) is 3.86. The molecule has 0 spiro atoms. The van der Waals surface area contributed by atoms with Crippen molar-refractivity contribution in [1.82, 2.24) is 0 Å². The van der Waals surface area contributed by atoms with Crippen LogP contribution in [-0.2, 0) is 19.1 Å². The molecule has 4 rings (SSSR count). The largest absolute Gasteiger partial charge is 0.461 e. The van der Waals surface area contributed by atoms with Crippen molar-refractivity contribution < 1.29 is 38.1 Å². The SMILES string of the molecule is CCC1C(CC)C1(C)COC(=O)c1c(Cl)c(Cl)cc(Cl)c1OC(=O)C(=O)Oc1c(Cl)cc(Cl)c(Cl)c1C(=O)OCC1(C)C(CC)C1CC. The second-order valence-corrected chi connectivity index (χ2v) is 15.1. The number of hydrogen-bond donors (Lipinski definition) is 0. The number of halogens is 6. The summed E-state index contributed by atoms with van der Waals surface area (Å²) in [5.41, 5.74) is -1.39. The summed E-state index contributed by atoms with van der Waals surface area (Å²) in [6.07, 6.45) is 3.67. The maximum absolute atomic E-state index is 13.3. The van der Waals surface area contributed by atoms with Gasteiger partial charge in [-0.15, -0.1) is 0 Å². The third-order valence-corrected chi connectivity index (χ3v) is 12.3. The van der Waals surface area contributed by atoms with Crippen molar-refractivity contribution in [3.05, 3.63) is 53.4 Å². The molecular weight excluding hydrogens is 749 g/mol. The fourth-order valence-electron chi connectivity index (χ4n) is 7.54. The Balaban J connectivity index is 1.55. The van der Waals surface area contributed by atoms with Gasteiger partial charge in [0.2, 0.25) is 0 Å². The smallest absolute Gasteiger partial charge is 0.423 e. The summed E-state index contributed by atoms with van der Waals surface area (Å²) in [6, 6.07) is 2.27. The number of rotatable bonds is 12. The van der Waals surface area contributed by atoms with E-state index < -0.39 is 46.5 Å². The van der Waals surface area contributed by atoms with Crippen LogP contribution in [0.1, 0.15) is 87.9 Å². The van der Waals surface area contributed by atoms with E-state index in [1.807, 2.05) is 13.8 Å². The fraction of sp³-hybridized carbons (Fsp3) is 0.529. The summed E-state index contributed by atoms with van der Waals surface area (Å²) >= 11 is 37.7. The Bertz CT molecular complexity index is 1500. The zero-order valence-corrected chi connectivity index (χ0v) is 31.8. The fourth-order valence-corrected chi connectivity index (χ4v) is 8.97. The molecule has 0 aliphatic heterocycles. The number of carbonyl (C=O) groups excluding carboxylic acids is 4. The standard InChI is InChI=1S/C34H36Cl6O8/c1-7-15-16(8-2)33(15,5)13-45-29(41)23-25(39)19(35)11-21(37)27(23)47-31(43)32(44)48-28-22(38)12-20(36)26(40)24(28)30(42)46-14-34(6)17(9-3)18(34)10-4/h11-12,15-18H,7-10,13-14H2,1-6H3. The summed E-state index contributed by atoms with van der Waals surface area (Å²) in [6.45, 7) is 12.5. The molecule has 2 aliphatic rings. The van der Waals surface area contributed by atoms with Crippen molar-refractivity contribution in [1.29, 1.82) is 0 Å². The van der Waals surface area contributed by atoms with E-state index >= 15 is 0 Å². The lowest BCUT2D eigenvalue weighted by Gasteiger charge is -2.17. The normalized spacial score (nSPS) is 25.7. The molecule has 2 fully saturated rings.